The van der Waals surface area contributed by atoms with Gasteiger partial charge in [-0.15, -0.1) is 0 Å². The van der Waals surface area contributed by atoms with Crippen molar-refractivity contribution < 1.29 is 4.74 Å². The second kappa shape index (κ2) is 12.9. The van der Waals surface area contributed by atoms with E-state index in [1.807, 2.05) is 30.0 Å². The van der Waals surface area contributed by atoms with Crippen LogP contribution in [0.2, 0.25) is 0 Å². The standard InChI is InChI=1S/C19H34N4OS/c1-6-20-19(21-13-9-10-14-25-5)22-15-17(23(2)3)16-11-7-8-12-18(16)24-4/h7-8,11-12,17H,6,9-10,13-15H2,1-5H3,(H2,20,21,22). The molecule has 0 aliphatic heterocycles. The summed E-state index contributed by atoms with van der Waals surface area (Å²) in [4.78, 5) is 6.98. The Balaban J connectivity index is 2.74. The maximum Gasteiger partial charge on any atom is 0.191 e. The number of ether oxygens (including phenoxy) is 1. The molecule has 6 heteroatoms. The number of nitrogens with one attached hydrogen (secondary N) is 2. The topological polar surface area (TPSA) is 48.9 Å². The number of nitrogens with zero attached hydrogens (tertiary/aromatic N) is 2. The van der Waals surface area contributed by atoms with E-state index in [2.05, 4.69) is 48.9 Å². The van der Waals surface area contributed by atoms with Gasteiger partial charge in [-0.25, -0.2) is 0 Å². The summed E-state index contributed by atoms with van der Waals surface area (Å²) >= 11 is 1.90. The number of para-hydroxylation sites is 1. The van der Waals surface area contributed by atoms with Crippen molar-refractivity contribution in [3.05, 3.63) is 29.8 Å². The minimum absolute atomic E-state index is 0.170. The van der Waals surface area contributed by atoms with Gasteiger partial charge in [-0.1, -0.05) is 18.2 Å². The fourth-order valence-corrected chi connectivity index (χ4v) is 3.07. The molecule has 1 unspecified atom stereocenters. The van der Waals surface area contributed by atoms with E-state index in [1.165, 1.54) is 12.2 Å². The molecule has 0 bridgehead atoms. The number of thioether (sulfide) groups is 1. The summed E-state index contributed by atoms with van der Waals surface area (Å²) in [6.07, 6.45) is 4.54. The van der Waals surface area contributed by atoms with Gasteiger partial charge in [0.1, 0.15) is 5.75 Å². The Morgan fingerprint density at radius 2 is 2.00 bits per heavy atom. The highest BCUT2D eigenvalue weighted by Crippen LogP contribution is 2.28. The van der Waals surface area contributed by atoms with Crippen molar-refractivity contribution in [2.75, 3.05) is 52.8 Å². The Hall–Kier alpha value is -1.40. The molecule has 1 aromatic carbocycles. The maximum absolute atomic E-state index is 5.52. The zero-order valence-corrected chi connectivity index (χ0v) is 17.2. The number of hydrogen-bond donors (Lipinski definition) is 2. The number of aliphatic imine (C=N–C) groups is 1. The van der Waals surface area contributed by atoms with E-state index in [4.69, 9.17) is 9.73 Å². The van der Waals surface area contributed by atoms with Crippen LogP contribution < -0.4 is 15.4 Å². The van der Waals surface area contributed by atoms with Crippen molar-refractivity contribution in [2.24, 2.45) is 4.99 Å². The molecule has 2 N–H and O–H groups in total. The fraction of sp³-hybridized carbons (Fsp3) is 0.632. The van der Waals surface area contributed by atoms with E-state index < -0.39 is 0 Å². The smallest absolute Gasteiger partial charge is 0.191 e. The van der Waals surface area contributed by atoms with Gasteiger partial charge in [-0.2, -0.15) is 11.8 Å². The number of rotatable bonds is 11. The molecule has 5 nitrogen and oxygen atoms in total. The van der Waals surface area contributed by atoms with Crippen LogP contribution in [0.4, 0.5) is 0 Å². The second-order valence-electron chi connectivity index (χ2n) is 6.07. The number of likely N-dealkylation sites (N-methyl/N-ethyl adjacent to an activating group) is 1. The van der Waals surface area contributed by atoms with E-state index in [0.717, 1.165) is 36.8 Å². The molecule has 25 heavy (non-hydrogen) atoms. The molecule has 0 aromatic heterocycles. The third-order valence-electron chi connectivity index (χ3n) is 3.96. The van der Waals surface area contributed by atoms with Gasteiger partial charge in [-0.05, 0) is 51.9 Å². The van der Waals surface area contributed by atoms with E-state index >= 15 is 0 Å². The highest BCUT2D eigenvalue weighted by molar-refractivity contribution is 7.98. The summed E-state index contributed by atoms with van der Waals surface area (Å²) < 4.78 is 5.52. The van der Waals surface area contributed by atoms with Crippen LogP contribution in [0.15, 0.2) is 29.3 Å². The first-order valence-corrected chi connectivity index (χ1v) is 10.3. The molecule has 142 valence electrons. The average Bonchev–Trinajstić information content (AvgIpc) is 2.61. The van der Waals surface area contributed by atoms with Gasteiger partial charge in [0, 0.05) is 18.7 Å². The molecule has 0 aliphatic rings. The molecule has 0 fully saturated rings. The summed E-state index contributed by atoms with van der Waals surface area (Å²) in [6.45, 7) is 4.58. The minimum atomic E-state index is 0.170. The predicted octanol–water partition coefficient (Wildman–Crippen LogP) is 3.00. The first-order valence-electron chi connectivity index (χ1n) is 8.94. The Kier molecular flexibility index (Phi) is 11.2. The van der Waals surface area contributed by atoms with Crippen LogP contribution in [-0.4, -0.2) is 63.7 Å². The molecule has 0 saturated heterocycles. The third kappa shape index (κ3) is 8.01. The molecule has 0 amide bonds. The first kappa shape index (κ1) is 21.6. The molecule has 0 heterocycles. The molecule has 1 rings (SSSR count). The van der Waals surface area contributed by atoms with Crippen molar-refractivity contribution in [3.63, 3.8) is 0 Å². The van der Waals surface area contributed by atoms with Gasteiger partial charge in [-0.3, -0.25) is 4.99 Å². The van der Waals surface area contributed by atoms with Crippen LogP contribution in [0.3, 0.4) is 0 Å². The molecule has 0 aliphatic carbocycles. The van der Waals surface area contributed by atoms with E-state index in [-0.39, 0.29) is 6.04 Å². The summed E-state index contributed by atoms with van der Waals surface area (Å²) in [5.74, 6) is 3.01. The highest BCUT2D eigenvalue weighted by atomic mass is 32.2. The van der Waals surface area contributed by atoms with Gasteiger partial charge < -0.3 is 20.3 Å². The molecule has 0 spiro atoms. The average molecular weight is 367 g/mol. The normalized spacial score (nSPS) is 13.0. The van der Waals surface area contributed by atoms with Crippen LogP contribution in [0.25, 0.3) is 0 Å². The second-order valence-corrected chi connectivity index (χ2v) is 7.05. The molecule has 1 atom stereocenters. The molecule has 0 radical (unpaired) electrons. The summed E-state index contributed by atoms with van der Waals surface area (Å²) in [5.41, 5.74) is 1.16. The molecular formula is C19H34N4OS. The lowest BCUT2D eigenvalue weighted by Gasteiger charge is -2.25. The predicted molar refractivity (Wildman–Crippen MR) is 111 cm³/mol. The first-order chi connectivity index (χ1) is 12.1. The van der Waals surface area contributed by atoms with Gasteiger partial charge in [0.2, 0.25) is 0 Å². The maximum atomic E-state index is 5.52. The SMILES string of the molecule is CCNC(=NCC(c1ccccc1OC)N(C)C)NCCCCSC. The van der Waals surface area contributed by atoms with Crippen LogP contribution in [0.5, 0.6) is 5.75 Å². The number of methoxy groups -OCH3 is 1. The lowest BCUT2D eigenvalue weighted by atomic mass is 10.0. The summed E-state index contributed by atoms with van der Waals surface area (Å²) in [7, 11) is 5.87. The number of unbranched alkanes of at least 4 members (excludes halogenated alkanes) is 1. The van der Waals surface area contributed by atoms with Crippen molar-refractivity contribution in [2.45, 2.75) is 25.8 Å². The lowest BCUT2D eigenvalue weighted by molar-refractivity contribution is 0.295. The van der Waals surface area contributed by atoms with Gasteiger partial charge in [0.05, 0.1) is 19.7 Å². The zero-order valence-electron chi connectivity index (χ0n) is 16.3. The van der Waals surface area contributed by atoms with Crippen molar-refractivity contribution in [3.8, 4) is 5.75 Å². The Morgan fingerprint density at radius 1 is 1.24 bits per heavy atom. The van der Waals surface area contributed by atoms with Gasteiger partial charge >= 0.3 is 0 Å². The quantitative estimate of drug-likeness (QED) is 0.358. The third-order valence-corrected chi connectivity index (χ3v) is 4.65. The van der Waals surface area contributed by atoms with E-state index in [9.17, 15) is 0 Å². The van der Waals surface area contributed by atoms with Crippen molar-refractivity contribution >= 4 is 17.7 Å². The largest absolute Gasteiger partial charge is 0.496 e. The van der Waals surface area contributed by atoms with Crippen molar-refractivity contribution in [1.82, 2.24) is 15.5 Å². The van der Waals surface area contributed by atoms with Crippen LogP contribution >= 0.6 is 11.8 Å². The number of guanidine groups is 1. The van der Waals surface area contributed by atoms with E-state index in [0.29, 0.717) is 6.54 Å². The Bertz CT molecular complexity index is 508. The van der Waals surface area contributed by atoms with Gasteiger partial charge in [0.15, 0.2) is 5.96 Å². The highest BCUT2D eigenvalue weighted by Gasteiger charge is 2.18. The minimum Gasteiger partial charge on any atom is -0.496 e. The number of hydrogen-bond acceptors (Lipinski definition) is 4. The number of benzene rings is 1. The summed E-state index contributed by atoms with van der Waals surface area (Å²) in [6, 6.07) is 8.33. The Labute approximate surface area is 157 Å². The monoisotopic (exact) mass is 366 g/mol. The van der Waals surface area contributed by atoms with Crippen LogP contribution in [-0.2, 0) is 0 Å². The molecule has 0 saturated carbocycles. The molecular weight excluding hydrogens is 332 g/mol. The van der Waals surface area contributed by atoms with Gasteiger partial charge in [0.25, 0.3) is 0 Å². The van der Waals surface area contributed by atoms with Crippen LogP contribution in [0, 0.1) is 0 Å². The molecule has 1 aromatic rings. The van der Waals surface area contributed by atoms with Crippen LogP contribution in [0.1, 0.15) is 31.4 Å². The zero-order chi connectivity index (χ0) is 18.5. The lowest BCUT2D eigenvalue weighted by Crippen LogP contribution is -2.38. The van der Waals surface area contributed by atoms with Crippen molar-refractivity contribution in [1.29, 1.82) is 0 Å². The van der Waals surface area contributed by atoms with E-state index in [1.54, 1.807) is 7.11 Å². The Morgan fingerprint density at radius 3 is 2.64 bits per heavy atom. The fourth-order valence-electron chi connectivity index (χ4n) is 2.58. The summed E-state index contributed by atoms with van der Waals surface area (Å²) in [5, 5.41) is 6.77.